The van der Waals surface area contributed by atoms with Crippen molar-refractivity contribution in [2.45, 2.75) is 6.92 Å². The fourth-order valence-corrected chi connectivity index (χ4v) is 1.67. The van der Waals surface area contributed by atoms with Crippen molar-refractivity contribution in [1.82, 2.24) is 14.3 Å². The summed E-state index contributed by atoms with van der Waals surface area (Å²) in [5, 5.41) is 0.279. The monoisotopic (exact) mass is 185 g/mol. The van der Waals surface area contributed by atoms with E-state index in [1.165, 1.54) is 11.5 Å². The van der Waals surface area contributed by atoms with Crippen LogP contribution in [0, 0.1) is 6.92 Å². The van der Waals surface area contributed by atoms with E-state index in [9.17, 15) is 0 Å². The van der Waals surface area contributed by atoms with Gasteiger partial charge in [-0.1, -0.05) is 0 Å². The maximum Gasteiger partial charge on any atom is 0.223 e. The molecule has 11 heavy (non-hydrogen) atoms. The van der Waals surface area contributed by atoms with Crippen molar-refractivity contribution < 1.29 is 0 Å². The Morgan fingerprint density at radius 2 is 2.36 bits per heavy atom. The van der Waals surface area contributed by atoms with E-state index in [-0.39, 0.29) is 5.28 Å². The first kappa shape index (κ1) is 6.94. The third-order valence-corrected chi connectivity index (χ3v) is 2.39. The van der Waals surface area contributed by atoms with Gasteiger partial charge in [0.05, 0.1) is 16.6 Å². The zero-order valence-corrected chi connectivity index (χ0v) is 7.28. The number of halogens is 1. The lowest BCUT2D eigenvalue weighted by Gasteiger charge is -1.87. The van der Waals surface area contributed by atoms with Crippen LogP contribution in [0.5, 0.6) is 0 Å². The lowest BCUT2D eigenvalue weighted by atomic mass is 10.4. The van der Waals surface area contributed by atoms with Gasteiger partial charge < -0.3 is 0 Å². The van der Waals surface area contributed by atoms with Gasteiger partial charge in [-0.15, -0.1) is 0 Å². The summed E-state index contributed by atoms with van der Waals surface area (Å²) in [6, 6.07) is 0. The van der Waals surface area contributed by atoms with Crippen LogP contribution in [-0.4, -0.2) is 14.3 Å². The second kappa shape index (κ2) is 2.39. The molecule has 3 nitrogen and oxygen atoms in total. The van der Waals surface area contributed by atoms with Crippen molar-refractivity contribution >= 4 is 33.4 Å². The molecule has 0 aromatic carbocycles. The van der Waals surface area contributed by atoms with Crippen LogP contribution in [0.15, 0.2) is 6.20 Å². The van der Waals surface area contributed by atoms with Gasteiger partial charge >= 0.3 is 0 Å². The number of aromatic nitrogens is 3. The molecular formula is C6H4ClN3S. The van der Waals surface area contributed by atoms with Gasteiger partial charge in [0, 0.05) is 0 Å². The molecule has 0 radical (unpaired) electrons. The minimum absolute atomic E-state index is 0.279. The summed E-state index contributed by atoms with van der Waals surface area (Å²) >= 11 is 6.99. The Kier molecular flexibility index (Phi) is 1.51. The van der Waals surface area contributed by atoms with Gasteiger partial charge in [0.25, 0.3) is 0 Å². The summed E-state index contributed by atoms with van der Waals surface area (Å²) in [6.07, 6.45) is 1.69. The highest BCUT2D eigenvalue weighted by molar-refractivity contribution is 7.13. The van der Waals surface area contributed by atoms with E-state index in [4.69, 9.17) is 11.6 Å². The standard InChI is InChI=1S/C6H4ClN3S/c1-3-5-4(11-10-3)2-8-6(7)9-5/h2H,1H3. The molecule has 0 aliphatic rings. The van der Waals surface area contributed by atoms with Crippen molar-refractivity contribution in [3.63, 3.8) is 0 Å². The van der Waals surface area contributed by atoms with Gasteiger partial charge in [-0.3, -0.25) is 0 Å². The van der Waals surface area contributed by atoms with Gasteiger partial charge in [0.1, 0.15) is 5.52 Å². The van der Waals surface area contributed by atoms with E-state index in [0.29, 0.717) is 0 Å². The van der Waals surface area contributed by atoms with E-state index in [0.717, 1.165) is 15.9 Å². The van der Waals surface area contributed by atoms with Crippen LogP contribution >= 0.6 is 23.1 Å². The molecular weight excluding hydrogens is 182 g/mol. The molecule has 0 saturated carbocycles. The zero-order valence-electron chi connectivity index (χ0n) is 5.71. The van der Waals surface area contributed by atoms with E-state index in [1.54, 1.807) is 6.20 Å². The zero-order chi connectivity index (χ0) is 7.84. The average Bonchev–Trinajstić information content (AvgIpc) is 2.33. The normalized spacial score (nSPS) is 10.7. The Labute approximate surface area is 72.2 Å². The average molecular weight is 186 g/mol. The SMILES string of the molecule is Cc1nsc2cnc(Cl)nc12. The summed E-state index contributed by atoms with van der Waals surface area (Å²) in [5.41, 5.74) is 1.77. The van der Waals surface area contributed by atoms with Crippen LogP contribution < -0.4 is 0 Å². The molecule has 2 aromatic heterocycles. The minimum Gasteiger partial charge on any atom is -0.225 e. The smallest absolute Gasteiger partial charge is 0.223 e. The summed E-state index contributed by atoms with van der Waals surface area (Å²) in [4.78, 5) is 7.88. The van der Waals surface area contributed by atoms with Gasteiger partial charge in [-0.05, 0) is 30.1 Å². The summed E-state index contributed by atoms with van der Waals surface area (Å²) in [5.74, 6) is 0. The highest BCUT2D eigenvalue weighted by Crippen LogP contribution is 2.19. The van der Waals surface area contributed by atoms with Gasteiger partial charge in [-0.25, -0.2) is 9.97 Å². The lowest BCUT2D eigenvalue weighted by Crippen LogP contribution is -1.81. The van der Waals surface area contributed by atoms with Crippen LogP contribution in [0.2, 0.25) is 5.28 Å². The molecule has 0 N–H and O–H groups in total. The van der Waals surface area contributed by atoms with E-state index < -0.39 is 0 Å². The summed E-state index contributed by atoms with van der Waals surface area (Å²) < 4.78 is 5.10. The first-order valence-electron chi connectivity index (χ1n) is 3.02. The van der Waals surface area contributed by atoms with Crippen LogP contribution in [0.4, 0.5) is 0 Å². The van der Waals surface area contributed by atoms with Crippen molar-refractivity contribution in [3.05, 3.63) is 17.2 Å². The number of hydrogen-bond donors (Lipinski definition) is 0. The molecule has 0 bridgehead atoms. The predicted molar refractivity (Wildman–Crippen MR) is 45.0 cm³/mol. The van der Waals surface area contributed by atoms with Gasteiger partial charge in [-0.2, -0.15) is 4.37 Å². The molecule has 0 saturated heterocycles. The molecule has 2 aromatic rings. The molecule has 56 valence electrons. The van der Waals surface area contributed by atoms with Crippen molar-refractivity contribution in [2.24, 2.45) is 0 Å². The predicted octanol–water partition coefficient (Wildman–Crippen LogP) is 2.05. The Balaban J connectivity index is 2.87. The Hall–Kier alpha value is -0.740. The number of aryl methyl sites for hydroxylation is 1. The summed E-state index contributed by atoms with van der Waals surface area (Å²) in [7, 11) is 0. The van der Waals surface area contributed by atoms with Crippen molar-refractivity contribution in [1.29, 1.82) is 0 Å². The maximum absolute atomic E-state index is 5.60. The van der Waals surface area contributed by atoms with Crippen molar-refractivity contribution in [3.8, 4) is 0 Å². The number of nitrogens with zero attached hydrogens (tertiary/aromatic N) is 3. The fourth-order valence-electron chi connectivity index (χ4n) is 0.836. The van der Waals surface area contributed by atoms with Crippen LogP contribution in [-0.2, 0) is 0 Å². The molecule has 0 fully saturated rings. The molecule has 2 heterocycles. The molecule has 0 spiro atoms. The molecule has 0 unspecified atom stereocenters. The second-order valence-corrected chi connectivity index (χ2v) is 3.26. The number of hydrogen-bond acceptors (Lipinski definition) is 4. The Morgan fingerprint density at radius 3 is 3.18 bits per heavy atom. The largest absolute Gasteiger partial charge is 0.225 e. The van der Waals surface area contributed by atoms with Crippen LogP contribution in [0.25, 0.3) is 10.2 Å². The Morgan fingerprint density at radius 1 is 1.55 bits per heavy atom. The molecule has 5 heteroatoms. The van der Waals surface area contributed by atoms with E-state index in [2.05, 4.69) is 14.3 Å². The third kappa shape index (κ3) is 1.08. The number of fused-ring (bicyclic) bond motifs is 1. The van der Waals surface area contributed by atoms with Crippen LogP contribution in [0.3, 0.4) is 0 Å². The third-order valence-electron chi connectivity index (χ3n) is 1.35. The van der Waals surface area contributed by atoms with Gasteiger partial charge in [0.2, 0.25) is 5.28 Å². The molecule has 2 rings (SSSR count). The summed E-state index contributed by atoms with van der Waals surface area (Å²) in [6.45, 7) is 1.90. The second-order valence-electron chi connectivity index (χ2n) is 2.12. The lowest BCUT2D eigenvalue weighted by molar-refractivity contribution is 1.21. The minimum atomic E-state index is 0.279. The molecule has 0 atom stereocenters. The topological polar surface area (TPSA) is 38.7 Å². The molecule has 0 amide bonds. The fraction of sp³-hybridized carbons (Fsp3) is 0.167. The first-order chi connectivity index (χ1) is 5.27. The highest BCUT2D eigenvalue weighted by atomic mass is 35.5. The van der Waals surface area contributed by atoms with E-state index in [1.807, 2.05) is 6.92 Å². The quantitative estimate of drug-likeness (QED) is 0.590. The van der Waals surface area contributed by atoms with E-state index >= 15 is 0 Å². The Bertz CT molecular complexity index is 398. The molecule has 0 aliphatic heterocycles. The maximum atomic E-state index is 5.60. The van der Waals surface area contributed by atoms with Crippen molar-refractivity contribution in [2.75, 3.05) is 0 Å². The number of rotatable bonds is 0. The van der Waals surface area contributed by atoms with Crippen LogP contribution in [0.1, 0.15) is 5.69 Å². The highest BCUT2D eigenvalue weighted by Gasteiger charge is 2.03. The first-order valence-corrected chi connectivity index (χ1v) is 4.17. The van der Waals surface area contributed by atoms with Gasteiger partial charge in [0.15, 0.2) is 0 Å². The molecule has 0 aliphatic carbocycles.